The summed E-state index contributed by atoms with van der Waals surface area (Å²) in [5, 5.41) is 11.7. The van der Waals surface area contributed by atoms with Gasteiger partial charge in [0.15, 0.2) is 0 Å². The minimum atomic E-state index is -1.15. The van der Waals surface area contributed by atoms with E-state index in [0.717, 1.165) is 27.8 Å². The average molecular weight is 419 g/mol. The van der Waals surface area contributed by atoms with Crippen LogP contribution in [0.4, 0.5) is 9.18 Å². The van der Waals surface area contributed by atoms with Gasteiger partial charge in [-0.25, -0.2) is 9.18 Å². The van der Waals surface area contributed by atoms with E-state index in [4.69, 9.17) is 4.74 Å². The van der Waals surface area contributed by atoms with Crippen molar-refractivity contribution in [1.82, 2.24) is 5.32 Å². The second-order valence-electron chi connectivity index (χ2n) is 7.65. The fraction of sp³-hybridized carbons (Fsp3) is 0.200. The molecule has 0 aromatic heterocycles. The molecule has 158 valence electrons. The smallest absolute Gasteiger partial charge is 0.407 e. The van der Waals surface area contributed by atoms with Gasteiger partial charge in [-0.05, 0) is 35.2 Å². The first-order chi connectivity index (χ1) is 14.9. The van der Waals surface area contributed by atoms with Crippen molar-refractivity contribution in [2.24, 2.45) is 0 Å². The van der Waals surface area contributed by atoms with Gasteiger partial charge in [-0.1, -0.05) is 66.2 Å². The van der Waals surface area contributed by atoms with E-state index >= 15 is 0 Å². The highest BCUT2D eigenvalue weighted by atomic mass is 19.1. The van der Waals surface area contributed by atoms with Crippen molar-refractivity contribution in [2.45, 2.75) is 25.3 Å². The Kier molecular flexibility index (Phi) is 5.71. The first-order valence-corrected chi connectivity index (χ1v) is 10.0. The summed E-state index contributed by atoms with van der Waals surface area (Å²) in [6.45, 7) is 1.87. The average Bonchev–Trinajstić information content (AvgIpc) is 3.07. The van der Waals surface area contributed by atoms with Gasteiger partial charge >= 0.3 is 12.1 Å². The Balaban J connectivity index is 1.50. The lowest BCUT2D eigenvalue weighted by Crippen LogP contribution is -2.32. The minimum absolute atomic E-state index is 0.0932. The maximum absolute atomic E-state index is 14.3. The summed E-state index contributed by atoms with van der Waals surface area (Å²) in [5.41, 5.74) is 5.25. The Morgan fingerprint density at radius 3 is 2.26 bits per heavy atom. The fourth-order valence-electron chi connectivity index (χ4n) is 4.13. The van der Waals surface area contributed by atoms with Crippen LogP contribution in [0, 0.1) is 12.7 Å². The van der Waals surface area contributed by atoms with E-state index in [9.17, 15) is 19.1 Å². The van der Waals surface area contributed by atoms with Gasteiger partial charge in [0, 0.05) is 11.5 Å². The van der Waals surface area contributed by atoms with Crippen molar-refractivity contribution in [2.75, 3.05) is 6.61 Å². The third kappa shape index (κ3) is 4.28. The number of carboxylic acid groups (broad SMARTS) is 1. The Morgan fingerprint density at radius 2 is 1.65 bits per heavy atom. The van der Waals surface area contributed by atoms with Crippen LogP contribution in [-0.2, 0) is 9.53 Å². The highest BCUT2D eigenvalue weighted by Crippen LogP contribution is 2.44. The van der Waals surface area contributed by atoms with E-state index in [1.807, 2.05) is 48.5 Å². The summed E-state index contributed by atoms with van der Waals surface area (Å²) in [6.07, 6.45) is -1.24. The Labute approximate surface area is 179 Å². The number of carboxylic acids is 1. The molecule has 6 heteroatoms. The number of carbonyl (C=O) groups is 2. The summed E-state index contributed by atoms with van der Waals surface area (Å²) in [7, 11) is 0. The number of hydrogen-bond acceptors (Lipinski definition) is 3. The maximum Gasteiger partial charge on any atom is 0.407 e. The second-order valence-corrected chi connectivity index (χ2v) is 7.65. The SMILES string of the molecule is Cc1ccc(F)c(C(CC(=O)O)NC(=O)OCC2c3ccccc3-c3ccccc32)c1. The van der Waals surface area contributed by atoms with Crippen LogP contribution in [-0.4, -0.2) is 23.8 Å². The van der Waals surface area contributed by atoms with E-state index in [1.54, 1.807) is 13.0 Å². The molecule has 1 atom stereocenters. The Morgan fingerprint density at radius 1 is 1.03 bits per heavy atom. The van der Waals surface area contributed by atoms with Crippen LogP contribution in [0.15, 0.2) is 66.7 Å². The van der Waals surface area contributed by atoms with E-state index in [1.165, 1.54) is 12.1 Å². The standard InChI is InChI=1S/C25H22FNO4/c1-15-10-11-22(26)20(12-15)23(13-24(28)29)27-25(30)31-14-21-18-8-4-2-6-16(18)17-7-3-5-9-19(17)21/h2-12,21,23H,13-14H2,1H3,(H,27,30)(H,28,29). The van der Waals surface area contributed by atoms with Crippen LogP contribution in [0.3, 0.4) is 0 Å². The summed E-state index contributed by atoms with van der Waals surface area (Å²) in [4.78, 5) is 23.8. The molecule has 0 radical (unpaired) electrons. The molecule has 2 N–H and O–H groups in total. The largest absolute Gasteiger partial charge is 0.481 e. The van der Waals surface area contributed by atoms with E-state index in [-0.39, 0.29) is 18.1 Å². The molecule has 3 aromatic carbocycles. The molecule has 0 fully saturated rings. The number of benzene rings is 3. The molecular formula is C25H22FNO4. The van der Waals surface area contributed by atoms with Crippen molar-refractivity contribution in [3.8, 4) is 11.1 Å². The molecule has 5 nitrogen and oxygen atoms in total. The maximum atomic E-state index is 14.3. The molecule has 31 heavy (non-hydrogen) atoms. The molecule has 1 unspecified atom stereocenters. The quantitative estimate of drug-likeness (QED) is 0.577. The van der Waals surface area contributed by atoms with Crippen molar-refractivity contribution in [3.05, 3.63) is 94.8 Å². The minimum Gasteiger partial charge on any atom is -0.481 e. The third-order valence-corrected chi connectivity index (χ3v) is 5.54. The van der Waals surface area contributed by atoms with Crippen LogP contribution < -0.4 is 5.32 Å². The van der Waals surface area contributed by atoms with Gasteiger partial charge in [0.2, 0.25) is 0 Å². The number of amides is 1. The third-order valence-electron chi connectivity index (χ3n) is 5.54. The summed E-state index contributed by atoms with van der Waals surface area (Å²) in [5.74, 6) is -1.84. The number of aliphatic carboxylic acids is 1. The molecular weight excluding hydrogens is 397 g/mol. The molecule has 1 aliphatic carbocycles. The zero-order chi connectivity index (χ0) is 22.0. The number of carbonyl (C=O) groups excluding carboxylic acids is 1. The van der Waals surface area contributed by atoms with Gasteiger partial charge in [-0.15, -0.1) is 0 Å². The first kappa shape index (κ1) is 20.6. The van der Waals surface area contributed by atoms with Gasteiger partial charge in [0.05, 0.1) is 12.5 Å². The van der Waals surface area contributed by atoms with Gasteiger partial charge < -0.3 is 15.2 Å². The number of aryl methyl sites for hydroxylation is 1. The normalized spacial score (nSPS) is 13.2. The number of rotatable bonds is 6. The van der Waals surface area contributed by atoms with Gasteiger partial charge in [-0.3, -0.25) is 4.79 Å². The molecule has 0 aliphatic heterocycles. The first-order valence-electron chi connectivity index (χ1n) is 10.0. The fourth-order valence-corrected chi connectivity index (χ4v) is 4.13. The van der Waals surface area contributed by atoms with Crippen LogP contribution in [0.2, 0.25) is 0 Å². The van der Waals surface area contributed by atoms with Crippen molar-refractivity contribution in [1.29, 1.82) is 0 Å². The highest BCUT2D eigenvalue weighted by Gasteiger charge is 2.29. The van der Waals surface area contributed by atoms with Crippen LogP contribution in [0.1, 0.15) is 40.6 Å². The lowest BCUT2D eigenvalue weighted by atomic mass is 9.98. The summed E-state index contributed by atoms with van der Waals surface area (Å²) >= 11 is 0. The van der Waals surface area contributed by atoms with Crippen LogP contribution in [0.25, 0.3) is 11.1 Å². The van der Waals surface area contributed by atoms with E-state index in [0.29, 0.717) is 0 Å². The zero-order valence-electron chi connectivity index (χ0n) is 17.0. The van der Waals surface area contributed by atoms with Crippen molar-refractivity contribution < 1.29 is 23.8 Å². The van der Waals surface area contributed by atoms with Crippen LogP contribution >= 0.6 is 0 Å². The number of halogens is 1. The Hall–Kier alpha value is -3.67. The molecule has 0 heterocycles. The number of hydrogen-bond donors (Lipinski definition) is 2. The molecule has 0 saturated heterocycles. The van der Waals surface area contributed by atoms with E-state index < -0.39 is 30.3 Å². The lowest BCUT2D eigenvalue weighted by Gasteiger charge is -2.20. The topological polar surface area (TPSA) is 75.6 Å². The molecule has 1 aliphatic rings. The van der Waals surface area contributed by atoms with Gasteiger partial charge in [-0.2, -0.15) is 0 Å². The highest BCUT2D eigenvalue weighted by molar-refractivity contribution is 5.79. The molecule has 3 aromatic rings. The summed E-state index contributed by atoms with van der Waals surface area (Å²) in [6, 6.07) is 19.3. The summed E-state index contributed by atoms with van der Waals surface area (Å²) < 4.78 is 19.8. The Bertz CT molecular complexity index is 1100. The number of nitrogens with one attached hydrogen (secondary N) is 1. The zero-order valence-corrected chi connectivity index (χ0v) is 17.0. The predicted molar refractivity (Wildman–Crippen MR) is 114 cm³/mol. The number of ether oxygens (including phenoxy) is 1. The second kappa shape index (κ2) is 8.60. The predicted octanol–water partition coefficient (Wildman–Crippen LogP) is 5.19. The van der Waals surface area contributed by atoms with Crippen molar-refractivity contribution in [3.63, 3.8) is 0 Å². The molecule has 0 saturated carbocycles. The molecule has 4 rings (SSSR count). The van der Waals surface area contributed by atoms with Crippen LogP contribution in [0.5, 0.6) is 0 Å². The lowest BCUT2D eigenvalue weighted by molar-refractivity contribution is -0.137. The van der Waals surface area contributed by atoms with Crippen molar-refractivity contribution >= 4 is 12.1 Å². The monoisotopic (exact) mass is 419 g/mol. The van der Waals surface area contributed by atoms with Gasteiger partial charge in [0.25, 0.3) is 0 Å². The van der Waals surface area contributed by atoms with E-state index in [2.05, 4.69) is 5.32 Å². The van der Waals surface area contributed by atoms with Gasteiger partial charge in [0.1, 0.15) is 12.4 Å². The molecule has 1 amide bonds. The molecule has 0 spiro atoms. The molecule has 0 bridgehead atoms. The number of fused-ring (bicyclic) bond motifs is 3. The number of alkyl carbamates (subject to hydrolysis) is 1.